The number of anilines is 1. The number of carbonyl (C=O) groups excluding carboxylic acids is 2. The maximum Gasteiger partial charge on any atom is 0.351 e. The molecule has 1 aromatic carbocycles. The number of hydrogen-bond donors (Lipinski definition) is 1. The van der Waals surface area contributed by atoms with E-state index in [-0.39, 0.29) is 24.9 Å². The van der Waals surface area contributed by atoms with Crippen LogP contribution in [-0.2, 0) is 19.0 Å². The quantitative estimate of drug-likeness (QED) is 0.791. The third kappa shape index (κ3) is 4.32. The smallest absolute Gasteiger partial charge is 0.351 e. The van der Waals surface area contributed by atoms with Crippen LogP contribution in [0, 0.1) is 0 Å². The van der Waals surface area contributed by atoms with Gasteiger partial charge < -0.3 is 19.5 Å². The van der Waals surface area contributed by atoms with E-state index in [4.69, 9.17) is 14.2 Å². The van der Waals surface area contributed by atoms with Crippen molar-refractivity contribution >= 4 is 17.7 Å². The van der Waals surface area contributed by atoms with Gasteiger partial charge in [0.25, 0.3) is 0 Å². The lowest BCUT2D eigenvalue weighted by atomic mass is 10.2. The number of rotatable bonds is 5. The van der Waals surface area contributed by atoms with Crippen LogP contribution in [0.5, 0.6) is 0 Å². The van der Waals surface area contributed by atoms with Gasteiger partial charge in [0.1, 0.15) is 12.4 Å². The fourth-order valence-electron chi connectivity index (χ4n) is 2.36. The second-order valence-electron chi connectivity index (χ2n) is 5.50. The topological polar surface area (TPSA) is 109 Å². The Kier molecular flexibility index (Phi) is 5.40. The maximum atomic E-state index is 12.0. The second kappa shape index (κ2) is 7.89. The van der Waals surface area contributed by atoms with Crippen LogP contribution in [0.25, 0.3) is 0 Å². The molecule has 0 unspecified atom stereocenters. The van der Waals surface area contributed by atoms with Crippen LogP contribution in [0.4, 0.5) is 5.82 Å². The van der Waals surface area contributed by atoms with Crippen molar-refractivity contribution < 1.29 is 23.8 Å². The minimum atomic E-state index is -0.783. The number of amides is 1. The SMILES string of the molecule is CC(=O)Nc1ccn([C@@H]2CO[C@@H](COC(=O)c3ccccc3)O2)c(=O)n1. The van der Waals surface area contributed by atoms with Crippen molar-refractivity contribution in [2.75, 3.05) is 18.5 Å². The van der Waals surface area contributed by atoms with E-state index in [1.165, 1.54) is 23.8 Å². The first-order valence-corrected chi connectivity index (χ1v) is 7.89. The van der Waals surface area contributed by atoms with Crippen molar-refractivity contribution in [2.45, 2.75) is 19.4 Å². The van der Waals surface area contributed by atoms with E-state index >= 15 is 0 Å². The van der Waals surface area contributed by atoms with Crippen LogP contribution in [0.3, 0.4) is 0 Å². The molecule has 1 fully saturated rings. The molecule has 1 N–H and O–H groups in total. The molecular formula is C17H17N3O6. The third-order valence-corrected chi connectivity index (χ3v) is 3.54. The first-order chi connectivity index (χ1) is 12.5. The van der Waals surface area contributed by atoms with Crippen molar-refractivity contribution in [2.24, 2.45) is 0 Å². The molecular weight excluding hydrogens is 342 g/mol. The van der Waals surface area contributed by atoms with Gasteiger partial charge in [0.2, 0.25) is 5.91 Å². The fourth-order valence-corrected chi connectivity index (χ4v) is 2.36. The highest BCUT2D eigenvalue weighted by atomic mass is 16.7. The van der Waals surface area contributed by atoms with Gasteiger partial charge in [0.15, 0.2) is 12.5 Å². The number of esters is 1. The van der Waals surface area contributed by atoms with E-state index in [1.807, 2.05) is 0 Å². The van der Waals surface area contributed by atoms with Crippen LogP contribution >= 0.6 is 0 Å². The molecule has 9 nitrogen and oxygen atoms in total. The third-order valence-electron chi connectivity index (χ3n) is 3.54. The average Bonchev–Trinajstić information content (AvgIpc) is 3.08. The molecule has 26 heavy (non-hydrogen) atoms. The molecule has 1 aliphatic rings. The Bertz CT molecular complexity index is 851. The zero-order chi connectivity index (χ0) is 18.5. The molecule has 2 heterocycles. The second-order valence-corrected chi connectivity index (χ2v) is 5.50. The van der Waals surface area contributed by atoms with Crippen molar-refractivity contribution in [1.29, 1.82) is 0 Å². The van der Waals surface area contributed by atoms with E-state index in [0.717, 1.165) is 0 Å². The number of nitrogens with zero attached hydrogens (tertiary/aromatic N) is 2. The van der Waals surface area contributed by atoms with E-state index in [2.05, 4.69) is 10.3 Å². The van der Waals surface area contributed by atoms with Crippen LogP contribution < -0.4 is 11.0 Å². The summed E-state index contributed by atoms with van der Waals surface area (Å²) >= 11 is 0. The van der Waals surface area contributed by atoms with Crippen molar-refractivity contribution in [1.82, 2.24) is 9.55 Å². The minimum absolute atomic E-state index is 0.101. The number of carbonyl (C=O) groups is 2. The van der Waals surface area contributed by atoms with E-state index in [1.54, 1.807) is 30.3 Å². The summed E-state index contributed by atoms with van der Waals surface area (Å²) in [7, 11) is 0. The molecule has 1 aliphatic heterocycles. The van der Waals surface area contributed by atoms with Crippen molar-refractivity contribution in [3.63, 3.8) is 0 Å². The molecule has 0 spiro atoms. The molecule has 1 aromatic heterocycles. The van der Waals surface area contributed by atoms with Crippen molar-refractivity contribution in [3.8, 4) is 0 Å². The zero-order valence-electron chi connectivity index (χ0n) is 14.0. The monoisotopic (exact) mass is 359 g/mol. The van der Waals surface area contributed by atoms with E-state index in [9.17, 15) is 14.4 Å². The first-order valence-electron chi connectivity index (χ1n) is 7.89. The van der Waals surface area contributed by atoms with Gasteiger partial charge in [-0.1, -0.05) is 18.2 Å². The molecule has 1 saturated heterocycles. The highest BCUT2D eigenvalue weighted by Gasteiger charge is 2.29. The molecule has 136 valence electrons. The predicted molar refractivity (Wildman–Crippen MR) is 89.4 cm³/mol. The Morgan fingerprint density at radius 1 is 1.31 bits per heavy atom. The van der Waals surface area contributed by atoms with Crippen LogP contribution in [0.2, 0.25) is 0 Å². The highest BCUT2D eigenvalue weighted by Crippen LogP contribution is 2.20. The molecule has 2 aromatic rings. The molecule has 0 bridgehead atoms. The number of ether oxygens (including phenoxy) is 3. The number of benzene rings is 1. The normalized spacial score (nSPS) is 19.1. The zero-order valence-corrected chi connectivity index (χ0v) is 14.0. The fraction of sp³-hybridized carbons (Fsp3) is 0.294. The lowest BCUT2D eigenvalue weighted by Gasteiger charge is -2.14. The summed E-state index contributed by atoms with van der Waals surface area (Å²) in [5.41, 5.74) is -0.164. The van der Waals surface area contributed by atoms with Gasteiger partial charge in [-0.3, -0.25) is 9.36 Å². The molecule has 0 aliphatic carbocycles. The van der Waals surface area contributed by atoms with Crippen LogP contribution in [-0.4, -0.2) is 40.9 Å². The lowest BCUT2D eigenvalue weighted by Crippen LogP contribution is -2.29. The largest absolute Gasteiger partial charge is 0.457 e. The Hall–Kier alpha value is -3.04. The van der Waals surface area contributed by atoms with Gasteiger partial charge in [-0.05, 0) is 18.2 Å². The maximum absolute atomic E-state index is 12.0. The van der Waals surface area contributed by atoms with Gasteiger partial charge >= 0.3 is 11.7 Å². The summed E-state index contributed by atoms with van der Waals surface area (Å²) in [5, 5.41) is 2.43. The van der Waals surface area contributed by atoms with E-state index < -0.39 is 24.2 Å². The molecule has 1 amide bonds. The standard InChI is InChI=1S/C17H17N3O6/c1-11(21)18-13-7-8-20(17(23)19-13)14-9-24-15(26-14)10-25-16(22)12-5-3-2-4-6-12/h2-8,14-15H,9-10H2,1H3,(H,18,19,21,23)/t14-,15+/m0/s1. The first kappa shape index (κ1) is 17.8. The van der Waals surface area contributed by atoms with Crippen molar-refractivity contribution in [3.05, 3.63) is 58.6 Å². The van der Waals surface area contributed by atoms with Gasteiger partial charge in [-0.25, -0.2) is 9.59 Å². The Balaban J connectivity index is 1.56. The Morgan fingerprint density at radius 2 is 2.08 bits per heavy atom. The minimum Gasteiger partial charge on any atom is -0.457 e. The van der Waals surface area contributed by atoms with Crippen LogP contribution in [0.1, 0.15) is 23.5 Å². The predicted octanol–water partition coefficient (Wildman–Crippen LogP) is 0.930. The molecule has 0 saturated carbocycles. The Morgan fingerprint density at radius 3 is 2.77 bits per heavy atom. The highest BCUT2D eigenvalue weighted by molar-refractivity contribution is 5.89. The molecule has 0 radical (unpaired) electrons. The van der Waals surface area contributed by atoms with Gasteiger partial charge in [-0.2, -0.15) is 4.98 Å². The number of hydrogen-bond acceptors (Lipinski definition) is 7. The van der Waals surface area contributed by atoms with Gasteiger partial charge in [0, 0.05) is 13.1 Å². The average molecular weight is 359 g/mol. The molecule has 2 atom stereocenters. The molecule has 9 heteroatoms. The lowest BCUT2D eigenvalue weighted by molar-refractivity contribution is -0.114. The summed E-state index contributed by atoms with van der Waals surface area (Å²) in [6.07, 6.45) is -0.0242. The van der Waals surface area contributed by atoms with Crippen LogP contribution in [0.15, 0.2) is 47.4 Å². The summed E-state index contributed by atoms with van der Waals surface area (Å²) < 4.78 is 17.4. The molecule has 3 rings (SSSR count). The summed E-state index contributed by atoms with van der Waals surface area (Å²) in [5.74, 6) is -0.652. The van der Waals surface area contributed by atoms with E-state index in [0.29, 0.717) is 5.56 Å². The summed E-state index contributed by atoms with van der Waals surface area (Å²) in [4.78, 5) is 38.7. The Labute approximate surface area is 148 Å². The summed E-state index contributed by atoms with van der Waals surface area (Å²) in [6.45, 7) is 1.33. The van der Waals surface area contributed by atoms with Gasteiger partial charge in [-0.15, -0.1) is 0 Å². The number of aromatic nitrogens is 2. The van der Waals surface area contributed by atoms with Gasteiger partial charge in [0.05, 0.1) is 12.2 Å². The number of nitrogens with one attached hydrogen (secondary N) is 1. The summed E-state index contributed by atoms with van der Waals surface area (Å²) in [6, 6.07) is 10.0.